The molecule has 0 unspecified atom stereocenters. The summed E-state index contributed by atoms with van der Waals surface area (Å²) in [5.74, 6) is 0. The molecule has 0 aromatic carbocycles. The maximum atomic E-state index is 5.17. The smallest absolute Gasteiger partial charge is 0.165 e. The molecule has 8 heavy (non-hydrogen) atoms. The van der Waals surface area contributed by atoms with E-state index in [0.29, 0.717) is 0 Å². The topological polar surface area (TPSA) is 12.4 Å². The fourth-order valence-corrected chi connectivity index (χ4v) is 0.431. The second-order valence-corrected chi connectivity index (χ2v) is 3.68. The molecule has 0 radical (unpaired) electrons. The standard InChI is InChI=1S/C2Cl5N/c3-1(8-7)2(4,5)6. The van der Waals surface area contributed by atoms with E-state index in [0.717, 1.165) is 0 Å². The fraction of sp³-hybridized carbons (Fsp3) is 0.500. The van der Waals surface area contributed by atoms with Gasteiger partial charge in [-0.2, -0.15) is 4.51 Å². The van der Waals surface area contributed by atoms with Crippen LogP contribution in [0.2, 0.25) is 0 Å². The highest BCUT2D eigenvalue weighted by Gasteiger charge is 2.25. The van der Waals surface area contributed by atoms with E-state index in [1.807, 2.05) is 0 Å². The number of hydrogen-bond donors (Lipinski definition) is 0. The Morgan fingerprint density at radius 2 is 1.62 bits per heavy atom. The van der Waals surface area contributed by atoms with Crippen LogP contribution in [-0.4, -0.2) is 8.96 Å². The maximum Gasteiger partial charge on any atom is 0.244 e. The third kappa shape index (κ3) is 3.21. The molecule has 0 bridgehead atoms. The van der Waals surface area contributed by atoms with E-state index in [4.69, 9.17) is 58.2 Å². The van der Waals surface area contributed by atoms with Crippen molar-refractivity contribution in [3.8, 4) is 0 Å². The highest BCUT2D eigenvalue weighted by Crippen LogP contribution is 2.29. The molecule has 0 aliphatic carbocycles. The van der Waals surface area contributed by atoms with Crippen molar-refractivity contribution in [3.05, 3.63) is 0 Å². The van der Waals surface area contributed by atoms with Gasteiger partial charge in [-0.25, -0.2) is 0 Å². The van der Waals surface area contributed by atoms with Crippen LogP contribution in [0.3, 0.4) is 0 Å². The molecular weight excluding hydrogens is 215 g/mol. The van der Waals surface area contributed by atoms with Crippen molar-refractivity contribution in [1.29, 1.82) is 0 Å². The minimum atomic E-state index is -1.69. The molecule has 0 rings (SSSR count). The Morgan fingerprint density at radius 1 is 1.25 bits per heavy atom. The van der Waals surface area contributed by atoms with Crippen LogP contribution in [-0.2, 0) is 0 Å². The molecule has 0 heterocycles. The van der Waals surface area contributed by atoms with E-state index >= 15 is 0 Å². The summed E-state index contributed by atoms with van der Waals surface area (Å²) in [6.45, 7) is 0. The first-order chi connectivity index (χ1) is 3.48. The summed E-state index contributed by atoms with van der Waals surface area (Å²) in [4.78, 5) is 0. The Morgan fingerprint density at radius 3 is 1.62 bits per heavy atom. The van der Waals surface area contributed by atoms with Crippen LogP contribution in [0.1, 0.15) is 0 Å². The van der Waals surface area contributed by atoms with Gasteiger partial charge in [-0.05, 0) is 0 Å². The predicted molar refractivity (Wildman–Crippen MR) is 39.4 cm³/mol. The van der Waals surface area contributed by atoms with Gasteiger partial charge in [-0.15, -0.1) is 0 Å². The molecule has 1 nitrogen and oxygen atoms in total. The zero-order valence-corrected chi connectivity index (χ0v) is 7.12. The van der Waals surface area contributed by atoms with E-state index in [9.17, 15) is 0 Å². The molecule has 0 aliphatic heterocycles. The van der Waals surface area contributed by atoms with Gasteiger partial charge >= 0.3 is 0 Å². The SMILES string of the molecule is ClN=C(Cl)C(Cl)(Cl)Cl. The van der Waals surface area contributed by atoms with Crippen molar-refractivity contribution < 1.29 is 0 Å². The first-order valence-corrected chi connectivity index (χ1v) is 3.25. The molecule has 0 saturated carbocycles. The Kier molecular flexibility index (Phi) is 3.79. The normalized spacial score (nSPS) is 14.4. The monoisotopic (exact) mass is 213 g/mol. The van der Waals surface area contributed by atoms with Crippen LogP contribution in [0.25, 0.3) is 0 Å². The Bertz CT molecular complexity index is 101. The zero-order chi connectivity index (χ0) is 6.78. The molecule has 0 fully saturated rings. The van der Waals surface area contributed by atoms with Gasteiger partial charge < -0.3 is 0 Å². The maximum absolute atomic E-state index is 5.17. The van der Waals surface area contributed by atoms with Crippen LogP contribution in [0.15, 0.2) is 4.51 Å². The second-order valence-electron chi connectivity index (χ2n) is 0.873. The van der Waals surface area contributed by atoms with E-state index in [1.54, 1.807) is 0 Å². The summed E-state index contributed by atoms with van der Waals surface area (Å²) in [6.07, 6.45) is 0. The van der Waals surface area contributed by atoms with Crippen LogP contribution in [0.5, 0.6) is 0 Å². The van der Waals surface area contributed by atoms with Gasteiger partial charge in [-0.3, -0.25) is 0 Å². The summed E-state index contributed by atoms with van der Waals surface area (Å²) < 4.78 is 1.23. The predicted octanol–water partition coefficient (Wildman–Crippen LogP) is 3.15. The number of rotatable bonds is 0. The summed E-state index contributed by atoms with van der Waals surface area (Å²) in [7, 11) is 0. The molecule has 0 amide bonds. The lowest BCUT2D eigenvalue weighted by Gasteiger charge is -2.03. The molecule has 0 aromatic heterocycles. The number of hydrogen-bond acceptors (Lipinski definition) is 1. The quantitative estimate of drug-likeness (QED) is 0.435. The van der Waals surface area contributed by atoms with Crippen molar-refractivity contribution >= 4 is 63.4 Å². The number of nitrogens with zero attached hydrogens (tertiary/aromatic N) is 1. The van der Waals surface area contributed by atoms with Crippen LogP contribution in [0.4, 0.5) is 0 Å². The lowest BCUT2D eigenvalue weighted by Crippen LogP contribution is -2.10. The summed E-state index contributed by atoms with van der Waals surface area (Å²) in [6, 6.07) is 0. The van der Waals surface area contributed by atoms with Gasteiger partial charge in [0.1, 0.15) is 0 Å². The molecule has 6 heteroatoms. The summed E-state index contributed by atoms with van der Waals surface area (Å²) in [5, 5.41) is -0.260. The second kappa shape index (κ2) is 3.33. The molecule has 0 atom stereocenters. The minimum Gasteiger partial charge on any atom is -0.165 e. The van der Waals surface area contributed by atoms with Gasteiger partial charge in [0.25, 0.3) is 0 Å². The largest absolute Gasteiger partial charge is 0.244 e. The van der Waals surface area contributed by atoms with Gasteiger partial charge in [0, 0.05) is 11.8 Å². The van der Waals surface area contributed by atoms with Crippen molar-refractivity contribution in [3.63, 3.8) is 0 Å². The van der Waals surface area contributed by atoms with E-state index in [-0.39, 0.29) is 5.17 Å². The lowest BCUT2D eigenvalue weighted by molar-refractivity contribution is 1.60. The van der Waals surface area contributed by atoms with Crippen LogP contribution in [0, 0.1) is 0 Å². The first kappa shape index (κ1) is 9.12. The molecule has 0 saturated heterocycles. The average molecular weight is 215 g/mol. The van der Waals surface area contributed by atoms with Crippen molar-refractivity contribution in [2.45, 2.75) is 3.79 Å². The average Bonchev–Trinajstić information content (AvgIpc) is 1.62. The van der Waals surface area contributed by atoms with E-state index < -0.39 is 3.79 Å². The molecule has 0 spiro atoms. The van der Waals surface area contributed by atoms with E-state index in [2.05, 4.69) is 4.51 Å². The lowest BCUT2D eigenvalue weighted by atomic mass is 10.8. The van der Waals surface area contributed by atoms with E-state index in [1.165, 1.54) is 0 Å². The molecule has 0 aliphatic rings. The van der Waals surface area contributed by atoms with Crippen LogP contribution < -0.4 is 0 Å². The van der Waals surface area contributed by atoms with Gasteiger partial charge in [0.05, 0.1) is 0 Å². The molecule has 48 valence electrons. The Labute approximate surface area is 71.6 Å². The first-order valence-electron chi connectivity index (χ1n) is 1.40. The Hall–Kier alpha value is 1.12. The zero-order valence-electron chi connectivity index (χ0n) is 3.34. The highest BCUT2D eigenvalue weighted by atomic mass is 35.6. The summed E-state index contributed by atoms with van der Waals surface area (Å²) >= 11 is 25.5. The van der Waals surface area contributed by atoms with Crippen LogP contribution >= 0.6 is 58.2 Å². The van der Waals surface area contributed by atoms with Crippen molar-refractivity contribution in [2.75, 3.05) is 0 Å². The Balaban J connectivity index is 4.03. The van der Waals surface area contributed by atoms with Gasteiger partial charge in [0.2, 0.25) is 3.79 Å². The fourth-order valence-electron chi connectivity index (χ4n) is 0.0479. The third-order valence-electron chi connectivity index (χ3n) is 0.308. The summed E-state index contributed by atoms with van der Waals surface area (Å²) in [5.41, 5.74) is 0. The molecular formula is C2Cl5N. The van der Waals surface area contributed by atoms with Gasteiger partial charge in [-0.1, -0.05) is 46.4 Å². The molecule has 0 aromatic rings. The third-order valence-corrected chi connectivity index (χ3v) is 1.76. The number of halogens is 5. The van der Waals surface area contributed by atoms with Crippen molar-refractivity contribution in [2.24, 2.45) is 4.51 Å². The highest BCUT2D eigenvalue weighted by molar-refractivity contribution is 6.90. The van der Waals surface area contributed by atoms with Gasteiger partial charge in [0.15, 0.2) is 5.17 Å². The minimum absolute atomic E-state index is 0.260. The molecule has 0 N–H and O–H groups in total. The van der Waals surface area contributed by atoms with Crippen molar-refractivity contribution in [1.82, 2.24) is 0 Å². The number of alkyl halides is 3.